The third-order valence-corrected chi connectivity index (χ3v) is 4.93. The average Bonchev–Trinajstić information content (AvgIpc) is 3.32. The summed E-state index contributed by atoms with van der Waals surface area (Å²) in [4.78, 5) is 11.4. The van der Waals surface area contributed by atoms with Crippen molar-refractivity contribution in [1.29, 1.82) is 0 Å². The van der Waals surface area contributed by atoms with Gasteiger partial charge in [-0.3, -0.25) is 4.90 Å². The Morgan fingerprint density at radius 3 is 2.73 bits per heavy atom. The van der Waals surface area contributed by atoms with Crippen LogP contribution in [-0.4, -0.2) is 38.3 Å². The SMILES string of the molecule is CCc1nc(CN2CCCC(C)(c3nc(-c4ccccc4)no3)C2)no1. The smallest absolute Gasteiger partial charge is 0.234 e. The minimum atomic E-state index is -0.171. The van der Waals surface area contributed by atoms with Gasteiger partial charge in [-0.2, -0.15) is 9.97 Å². The average molecular weight is 353 g/mol. The molecule has 3 aromatic rings. The van der Waals surface area contributed by atoms with Gasteiger partial charge in [-0.1, -0.05) is 47.6 Å². The first-order chi connectivity index (χ1) is 12.7. The van der Waals surface area contributed by atoms with Crippen LogP contribution in [0.15, 0.2) is 39.4 Å². The van der Waals surface area contributed by atoms with Gasteiger partial charge in [0.15, 0.2) is 5.82 Å². The van der Waals surface area contributed by atoms with Crippen LogP contribution < -0.4 is 0 Å². The molecule has 0 aliphatic carbocycles. The highest BCUT2D eigenvalue weighted by Crippen LogP contribution is 2.34. The maximum atomic E-state index is 5.64. The van der Waals surface area contributed by atoms with Gasteiger partial charge >= 0.3 is 0 Å². The summed E-state index contributed by atoms with van der Waals surface area (Å²) in [5, 5.41) is 8.25. The standard InChI is InChI=1S/C19H23N5O2/c1-3-16-20-15(22-25-16)12-24-11-7-10-19(2,13-24)18-21-17(23-26-18)14-8-5-4-6-9-14/h4-6,8-9H,3,7,10-13H2,1-2H3. The number of piperidine rings is 1. The van der Waals surface area contributed by atoms with Gasteiger partial charge in [0.05, 0.1) is 12.0 Å². The summed E-state index contributed by atoms with van der Waals surface area (Å²) in [5.74, 6) is 2.76. The molecule has 7 nitrogen and oxygen atoms in total. The highest BCUT2D eigenvalue weighted by atomic mass is 16.5. The zero-order chi connectivity index (χ0) is 18.0. The molecule has 4 rings (SSSR count). The fourth-order valence-electron chi connectivity index (χ4n) is 3.53. The van der Waals surface area contributed by atoms with Crippen molar-refractivity contribution >= 4 is 0 Å². The number of aromatic nitrogens is 4. The summed E-state index contributed by atoms with van der Waals surface area (Å²) in [7, 11) is 0. The van der Waals surface area contributed by atoms with E-state index in [4.69, 9.17) is 9.05 Å². The lowest BCUT2D eigenvalue weighted by Gasteiger charge is -2.37. The molecule has 0 bridgehead atoms. The maximum absolute atomic E-state index is 5.64. The second kappa shape index (κ2) is 6.99. The first kappa shape index (κ1) is 16.9. The van der Waals surface area contributed by atoms with Gasteiger partial charge in [0.25, 0.3) is 0 Å². The lowest BCUT2D eigenvalue weighted by Crippen LogP contribution is -2.44. The Morgan fingerprint density at radius 2 is 1.96 bits per heavy atom. The number of hydrogen-bond acceptors (Lipinski definition) is 7. The van der Waals surface area contributed by atoms with Gasteiger partial charge in [-0.15, -0.1) is 0 Å². The second-order valence-corrected chi connectivity index (χ2v) is 7.12. The Hall–Kier alpha value is -2.54. The summed E-state index contributed by atoms with van der Waals surface area (Å²) < 4.78 is 10.9. The molecule has 3 heterocycles. The van der Waals surface area contributed by atoms with Crippen molar-refractivity contribution in [3.05, 3.63) is 47.9 Å². The molecule has 136 valence electrons. The Bertz CT molecular complexity index is 860. The van der Waals surface area contributed by atoms with E-state index in [-0.39, 0.29) is 5.41 Å². The molecule has 1 atom stereocenters. The number of nitrogens with zero attached hydrogens (tertiary/aromatic N) is 5. The first-order valence-corrected chi connectivity index (χ1v) is 9.10. The molecule has 0 radical (unpaired) electrons. The summed E-state index contributed by atoms with van der Waals surface area (Å²) in [6, 6.07) is 9.92. The third kappa shape index (κ3) is 3.39. The molecular weight excluding hydrogens is 330 g/mol. The third-order valence-electron chi connectivity index (χ3n) is 4.93. The quantitative estimate of drug-likeness (QED) is 0.696. The van der Waals surface area contributed by atoms with Crippen molar-refractivity contribution in [2.75, 3.05) is 13.1 Å². The minimum Gasteiger partial charge on any atom is -0.339 e. The topological polar surface area (TPSA) is 81.1 Å². The van der Waals surface area contributed by atoms with E-state index in [0.29, 0.717) is 24.2 Å². The Morgan fingerprint density at radius 1 is 1.12 bits per heavy atom. The fourth-order valence-corrected chi connectivity index (χ4v) is 3.53. The molecule has 1 aliphatic rings. The highest BCUT2D eigenvalue weighted by Gasteiger charge is 2.38. The molecule has 0 saturated carbocycles. The molecule has 7 heteroatoms. The lowest BCUT2D eigenvalue weighted by atomic mass is 9.81. The van der Waals surface area contributed by atoms with E-state index < -0.39 is 0 Å². The van der Waals surface area contributed by atoms with Crippen LogP contribution in [0.5, 0.6) is 0 Å². The van der Waals surface area contributed by atoms with Gasteiger partial charge in [0.1, 0.15) is 0 Å². The van der Waals surface area contributed by atoms with Crippen molar-refractivity contribution in [3.63, 3.8) is 0 Å². The fraction of sp³-hybridized carbons (Fsp3) is 0.474. The predicted molar refractivity (Wildman–Crippen MR) is 95.3 cm³/mol. The molecule has 2 aromatic heterocycles. The van der Waals surface area contributed by atoms with Crippen LogP contribution in [0.1, 0.15) is 44.3 Å². The number of aryl methyl sites for hydroxylation is 1. The van der Waals surface area contributed by atoms with E-state index in [9.17, 15) is 0 Å². The molecule has 1 unspecified atom stereocenters. The first-order valence-electron chi connectivity index (χ1n) is 9.10. The number of benzene rings is 1. The molecule has 1 aromatic carbocycles. The Balaban J connectivity index is 1.49. The molecule has 1 aliphatic heterocycles. The number of likely N-dealkylation sites (tertiary alicyclic amines) is 1. The van der Waals surface area contributed by atoms with Crippen molar-refractivity contribution in [2.24, 2.45) is 0 Å². The van der Waals surface area contributed by atoms with Crippen molar-refractivity contribution < 1.29 is 9.05 Å². The van der Waals surface area contributed by atoms with Crippen LogP contribution in [-0.2, 0) is 18.4 Å². The van der Waals surface area contributed by atoms with Crippen molar-refractivity contribution in [3.8, 4) is 11.4 Å². The van der Waals surface area contributed by atoms with Gasteiger partial charge in [0, 0.05) is 18.5 Å². The van der Waals surface area contributed by atoms with E-state index in [1.165, 1.54) is 0 Å². The van der Waals surface area contributed by atoms with E-state index in [1.54, 1.807) is 0 Å². The van der Waals surface area contributed by atoms with Crippen LogP contribution in [0.25, 0.3) is 11.4 Å². The summed E-state index contributed by atoms with van der Waals surface area (Å²) in [6.07, 6.45) is 2.85. The molecule has 0 N–H and O–H groups in total. The number of rotatable bonds is 5. The van der Waals surface area contributed by atoms with Crippen molar-refractivity contribution in [1.82, 2.24) is 25.2 Å². The van der Waals surface area contributed by atoms with E-state index in [0.717, 1.165) is 43.7 Å². The number of hydrogen-bond donors (Lipinski definition) is 0. The lowest BCUT2D eigenvalue weighted by molar-refractivity contribution is 0.121. The molecule has 0 spiro atoms. The second-order valence-electron chi connectivity index (χ2n) is 7.12. The Kier molecular flexibility index (Phi) is 4.55. The van der Waals surface area contributed by atoms with Crippen LogP contribution in [0.2, 0.25) is 0 Å². The minimum absolute atomic E-state index is 0.171. The van der Waals surface area contributed by atoms with E-state index in [2.05, 4.69) is 32.1 Å². The zero-order valence-electron chi connectivity index (χ0n) is 15.2. The molecule has 1 fully saturated rings. The molecule has 0 amide bonds. The van der Waals surface area contributed by atoms with Crippen LogP contribution in [0.4, 0.5) is 0 Å². The van der Waals surface area contributed by atoms with E-state index in [1.807, 2.05) is 37.3 Å². The van der Waals surface area contributed by atoms with Gasteiger partial charge in [-0.05, 0) is 26.3 Å². The molecule has 26 heavy (non-hydrogen) atoms. The normalized spacial score (nSPS) is 21.2. The van der Waals surface area contributed by atoms with E-state index >= 15 is 0 Å². The molecular formula is C19H23N5O2. The van der Waals surface area contributed by atoms with Crippen LogP contribution >= 0.6 is 0 Å². The van der Waals surface area contributed by atoms with Gasteiger partial charge in [-0.25, -0.2) is 0 Å². The van der Waals surface area contributed by atoms with Crippen LogP contribution in [0, 0.1) is 0 Å². The zero-order valence-corrected chi connectivity index (χ0v) is 15.2. The predicted octanol–water partition coefficient (Wildman–Crippen LogP) is 3.24. The monoisotopic (exact) mass is 353 g/mol. The summed E-state index contributed by atoms with van der Waals surface area (Å²) in [6.45, 7) is 6.72. The maximum Gasteiger partial charge on any atom is 0.234 e. The van der Waals surface area contributed by atoms with Crippen LogP contribution in [0.3, 0.4) is 0 Å². The van der Waals surface area contributed by atoms with Gasteiger partial charge in [0.2, 0.25) is 17.6 Å². The highest BCUT2D eigenvalue weighted by molar-refractivity contribution is 5.53. The largest absolute Gasteiger partial charge is 0.339 e. The van der Waals surface area contributed by atoms with Gasteiger partial charge < -0.3 is 9.05 Å². The summed E-state index contributed by atoms with van der Waals surface area (Å²) in [5.41, 5.74) is 0.799. The Labute approximate surface area is 152 Å². The summed E-state index contributed by atoms with van der Waals surface area (Å²) >= 11 is 0. The molecule has 1 saturated heterocycles. The van der Waals surface area contributed by atoms with Crippen molar-refractivity contribution in [2.45, 2.75) is 45.1 Å².